The van der Waals surface area contributed by atoms with Crippen LogP contribution in [-0.2, 0) is 11.3 Å². The van der Waals surface area contributed by atoms with Gasteiger partial charge in [-0.05, 0) is 77.0 Å². The first-order valence-corrected chi connectivity index (χ1v) is 12.3. The van der Waals surface area contributed by atoms with Crippen LogP contribution in [0.1, 0.15) is 50.3 Å². The van der Waals surface area contributed by atoms with E-state index in [1.807, 2.05) is 19.1 Å². The van der Waals surface area contributed by atoms with Crippen molar-refractivity contribution in [2.45, 2.75) is 57.5 Å². The number of nitrogens with zero attached hydrogens (tertiary/aromatic N) is 5. The summed E-state index contributed by atoms with van der Waals surface area (Å²) in [5.74, 6) is 0.271. The molecule has 5 rings (SSSR count). The smallest absolute Gasteiger partial charge is 0.418 e. The van der Waals surface area contributed by atoms with E-state index in [2.05, 4.69) is 25.1 Å². The highest BCUT2D eigenvalue weighted by molar-refractivity contribution is 5.89. The SMILES string of the molecule is C[C@H](Nc1nccc(N2C(=O)OC[C@]2(C)O)n1)c1ccc(CN2CCC(N3CCC3)CC2)c(F)c1. The number of nitrogens with one attached hydrogen (secondary N) is 1. The van der Waals surface area contributed by atoms with E-state index in [1.165, 1.54) is 38.7 Å². The van der Waals surface area contributed by atoms with Gasteiger partial charge in [0.25, 0.3) is 0 Å². The average Bonchev–Trinajstić information content (AvgIpc) is 3.07. The van der Waals surface area contributed by atoms with Crippen LogP contribution in [0.25, 0.3) is 0 Å². The van der Waals surface area contributed by atoms with Crippen molar-refractivity contribution in [3.05, 3.63) is 47.4 Å². The number of carbonyl (C=O) groups is 1. The molecule has 2 N–H and O–H groups in total. The number of aliphatic hydroxyl groups is 1. The number of halogens is 1. The second kappa shape index (κ2) is 9.67. The molecule has 3 fully saturated rings. The molecule has 2 atom stereocenters. The van der Waals surface area contributed by atoms with Gasteiger partial charge in [0.1, 0.15) is 18.2 Å². The number of rotatable bonds is 7. The lowest BCUT2D eigenvalue weighted by Crippen LogP contribution is -2.50. The summed E-state index contributed by atoms with van der Waals surface area (Å²) in [5, 5.41) is 13.6. The second-order valence-corrected chi connectivity index (χ2v) is 9.96. The summed E-state index contributed by atoms with van der Waals surface area (Å²) in [6.45, 7) is 8.33. The molecule has 0 aliphatic carbocycles. The van der Waals surface area contributed by atoms with E-state index in [1.54, 1.807) is 6.07 Å². The van der Waals surface area contributed by atoms with Crippen LogP contribution in [0.15, 0.2) is 30.5 Å². The zero-order valence-electron chi connectivity index (χ0n) is 20.3. The number of benzene rings is 1. The van der Waals surface area contributed by atoms with E-state index >= 15 is 0 Å². The fourth-order valence-electron chi connectivity index (χ4n) is 5.04. The summed E-state index contributed by atoms with van der Waals surface area (Å²) in [5.41, 5.74) is -0.0158. The van der Waals surface area contributed by atoms with Gasteiger partial charge in [-0.2, -0.15) is 4.98 Å². The molecule has 0 unspecified atom stereocenters. The van der Waals surface area contributed by atoms with Crippen molar-refractivity contribution in [2.24, 2.45) is 0 Å². The van der Waals surface area contributed by atoms with Crippen LogP contribution in [-0.4, -0.2) is 75.5 Å². The van der Waals surface area contributed by atoms with Crippen LogP contribution in [0.4, 0.5) is 21.0 Å². The Morgan fingerprint density at radius 2 is 2.03 bits per heavy atom. The number of cyclic esters (lactones) is 1. The van der Waals surface area contributed by atoms with E-state index in [-0.39, 0.29) is 30.2 Å². The first-order valence-electron chi connectivity index (χ1n) is 12.3. The van der Waals surface area contributed by atoms with Crippen molar-refractivity contribution in [3.8, 4) is 0 Å². The fraction of sp³-hybridized carbons (Fsp3) is 0.560. The molecule has 0 radical (unpaired) electrons. The van der Waals surface area contributed by atoms with E-state index in [0.717, 1.165) is 36.4 Å². The van der Waals surface area contributed by atoms with Crippen LogP contribution in [0, 0.1) is 5.82 Å². The first kappa shape index (κ1) is 23.9. The molecular weight excluding hydrogens is 451 g/mol. The Kier molecular flexibility index (Phi) is 6.61. The van der Waals surface area contributed by atoms with Crippen molar-refractivity contribution >= 4 is 17.9 Å². The Hall–Kier alpha value is -2.82. The number of amides is 1. The minimum absolute atomic E-state index is 0.142. The molecule has 1 amide bonds. The molecule has 3 aliphatic rings. The van der Waals surface area contributed by atoms with Crippen LogP contribution < -0.4 is 10.2 Å². The van der Waals surface area contributed by atoms with Crippen LogP contribution in [0.2, 0.25) is 0 Å². The number of hydrogen-bond acceptors (Lipinski definition) is 8. The number of piperidine rings is 1. The highest BCUT2D eigenvalue weighted by atomic mass is 19.1. The Bertz CT molecular complexity index is 1070. The molecule has 0 spiro atoms. The molecule has 2 aromatic rings. The van der Waals surface area contributed by atoms with Gasteiger partial charge in [0.15, 0.2) is 5.72 Å². The van der Waals surface area contributed by atoms with Gasteiger partial charge < -0.3 is 20.1 Å². The number of carbonyl (C=O) groups excluding carboxylic acids is 1. The molecule has 9 nitrogen and oxygen atoms in total. The third-order valence-electron chi connectivity index (χ3n) is 7.28. The molecule has 1 aromatic heterocycles. The summed E-state index contributed by atoms with van der Waals surface area (Å²) in [4.78, 5) is 26.6. The monoisotopic (exact) mass is 484 g/mol. The third kappa shape index (κ3) is 5.10. The van der Waals surface area contributed by atoms with E-state index in [9.17, 15) is 14.3 Å². The van der Waals surface area contributed by atoms with Gasteiger partial charge in [0.05, 0.1) is 6.04 Å². The highest BCUT2D eigenvalue weighted by Crippen LogP contribution is 2.29. The molecule has 4 heterocycles. The average molecular weight is 485 g/mol. The van der Waals surface area contributed by atoms with Crippen molar-refractivity contribution in [1.82, 2.24) is 19.8 Å². The maximum absolute atomic E-state index is 15.0. The molecule has 3 saturated heterocycles. The zero-order chi connectivity index (χ0) is 24.6. The van der Waals surface area contributed by atoms with Crippen LogP contribution >= 0.6 is 0 Å². The van der Waals surface area contributed by atoms with E-state index in [0.29, 0.717) is 18.2 Å². The number of aromatic nitrogens is 2. The fourth-order valence-corrected chi connectivity index (χ4v) is 5.04. The second-order valence-electron chi connectivity index (χ2n) is 9.96. The Labute approximate surface area is 204 Å². The summed E-state index contributed by atoms with van der Waals surface area (Å²) < 4.78 is 19.9. The van der Waals surface area contributed by atoms with Crippen molar-refractivity contribution in [2.75, 3.05) is 43.0 Å². The molecule has 1 aromatic carbocycles. The number of hydrogen-bond donors (Lipinski definition) is 2. The molecular formula is C25H33FN6O3. The van der Waals surface area contributed by atoms with Gasteiger partial charge in [-0.15, -0.1) is 0 Å². The number of ether oxygens (including phenoxy) is 1. The molecule has 0 bridgehead atoms. The lowest BCUT2D eigenvalue weighted by molar-refractivity contribution is 0.0475. The summed E-state index contributed by atoms with van der Waals surface area (Å²) in [6.07, 6.45) is 4.45. The maximum atomic E-state index is 15.0. The molecule has 3 aliphatic heterocycles. The third-order valence-corrected chi connectivity index (χ3v) is 7.28. The quantitative estimate of drug-likeness (QED) is 0.619. The largest absolute Gasteiger partial charge is 0.444 e. The van der Waals surface area contributed by atoms with Crippen molar-refractivity contribution in [1.29, 1.82) is 0 Å². The van der Waals surface area contributed by atoms with Crippen LogP contribution in [0.3, 0.4) is 0 Å². The van der Waals surface area contributed by atoms with Crippen molar-refractivity contribution in [3.63, 3.8) is 0 Å². The number of likely N-dealkylation sites (tertiary alicyclic amines) is 2. The molecule has 188 valence electrons. The lowest BCUT2D eigenvalue weighted by atomic mass is 9.99. The van der Waals surface area contributed by atoms with Gasteiger partial charge in [-0.3, -0.25) is 4.90 Å². The maximum Gasteiger partial charge on any atom is 0.418 e. The number of anilines is 2. The molecule has 0 saturated carbocycles. The Morgan fingerprint density at radius 3 is 2.66 bits per heavy atom. The topological polar surface area (TPSA) is 94.1 Å². The zero-order valence-corrected chi connectivity index (χ0v) is 20.3. The van der Waals surface area contributed by atoms with Crippen LogP contribution in [0.5, 0.6) is 0 Å². The van der Waals surface area contributed by atoms with Gasteiger partial charge in [-0.25, -0.2) is 19.1 Å². The molecule has 10 heteroatoms. The van der Waals surface area contributed by atoms with E-state index in [4.69, 9.17) is 4.74 Å². The standard InChI is InChI=1S/C25H33FN6O3/c1-17(28-23-27-9-6-22(29-23)32-24(33)35-16-25(32,2)34)18-4-5-19(21(26)14-18)15-30-12-7-20(8-13-30)31-10-3-11-31/h4-6,9,14,17,20,34H,3,7-8,10-13,15-16H2,1-2H3,(H,27,28,29)/t17-,25-/m0/s1. The van der Waals surface area contributed by atoms with Gasteiger partial charge in [0.2, 0.25) is 5.95 Å². The van der Waals surface area contributed by atoms with Crippen molar-refractivity contribution < 1.29 is 19.0 Å². The minimum atomic E-state index is -1.49. The summed E-state index contributed by atoms with van der Waals surface area (Å²) in [7, 11) is 0. The minimum Gasteiger partial charge on any atom is -0.444 e. The van der Waals surface area contributed by atoms with E-state index < -0.39 is 11.8 Å². The van der Waals surface area contributed by atoms with Gasteiger partial charge in [0, 0.05) is 24.3 Å². The molecule has 35 heavy (non-hydrogen) atoms. The summed E-state index contributed by atoms with van der Waals surface area (Å²) >= 11 is 0. The van der Waals surface area contributed by atoms with Gasteiger partial charge >= 0.3 is 6.09 Å². The van der Waals surface area contributed by atoms with Gasteiger partial charge in [-0.1, -0.05) is 12.1 Å². The Balaban J connectivity index is 1.20. The summed E-state index contributed by atoms with van der Waals surface area (Å²) in [6, 6.07) is 7.30. The predicted octanol–water partition coefficient (Wildman–Crippen LogP) is 3.12. The Morgan fingerprint density at radius 1 is 1.26 bits per heavy atom. The lowest BCUT2D eigenvalue weighted by Gasteiger charge is -2.43. The first-order chi connectivity index (χ1) is 16.8. The normalized spacial score (nSPS) is 24.8. The predicted molar refractivity (Wildman–Crippen MR) is 129 cm³/mol. The highest BCUT2D eigenvalue weighted by Gasteiger charge is 2.44.